The Morgan fingerprint density at radius 1 is 1.42 bits per heavy atom. The van der Waals surface area contributed by atoms with E-state index in [9.17, 15) is 14.7 Å². The molecule has 2 rings (SSSR count). The van der Waals surface area contributed by atoms with Crippen molar-refractivity contribution in [3.63, 3.8) is 0 Å². The van der Waals surface area contributed by atoms with E-state index in [4.69, 9.17) is 0 Å². The van der Waals surface area contributed by atoms with Crippen LogP contribution in [0.1, 0.15) is 57.1 Å². The van der Waals surface area contributed by atoms with Crippen molar-refractivity contribution in [2.24, 2.45) is 10.9 Å². The predicted octanol–water partition coefficient (Wildman–Crippen LogP) is 1.61. The monoisotopic (exact) mass is 332 g/mol. The van der Waals surface area contributed by atoms with Crippen LogP contribution in [0.25, 0.3) is 0 Å². The molecule has 2 atom stereocenters. The summed E-state index contributed by atoms with van der Waals surface area (Å²) in [6, 6.07) is 1.37. The Bertz CT molecular complexity index is 699. The SMILES string of the molecule is CCC(C)NC(=O)c1cnc(C2=NC(C)(C(C)C)C(=O)N2)c(O)c1. The van der Waals surface area contributed by atoms with Gasteiger partial charge in [-0.15, -0.1) is 0 Å². The minimum Gasteiger partial charge on any atom is -0.506 e. The molecule has 0 aromatic carbocycles. The second-order valence-corrected chi connectivity index (χ2v) is 6.59. The van der Waals surface area contributed by atoms with Gasteiger partial charge in [0.15, 0.2) is 5.84 Å². The van der Waals surface area contributed by atoms with Gasteiger partial charge in [-0.1, -0.05) is 20.8 Å². The van der Waals surface area contributed by atoms with Crippen molar-refractivity contribution in [1.29, 1.82) is 0 Å². The Morgan fingerprint density at radius 2 is 2.08 bits per heavy atom. The minimum absolute atomic E-state index is 0.00211. The fourth-order valence-electron chi connectivity index (χ4n) is 2.22. The molecule has 2 unspecified atom stereocenters. The Labute approximate surface area is 141 Å². The molecule has 3 N–H and O–H groups in total. The number of pyridine rings is 1. The van der Waals surface area contributed by atoms with Crippen LogP contribution in [0, 0.1) is 5.92 Å². The van der Waals surface area contributed by atoms with E-state index < -0.39 is 5.54 Å². The van der Waals surface area contributed by atoms with E-state index in [1.54, 1.807) is 6.92 Å². The van der Waals surface area contributed by atoms with Crippen molar-refractivity contribution in [3.05, 3.63) is 23.5 Å². The van der Waals surface area contributed by atoms with Crippen LogP contribution in [0.3, 0.4) is 0 Å². The molecule has 1 aliphatic heterocycles. The number of hydrogen-bond acceptors (Lipinski definition) is 5. The summed E-state index contributed by atoms with van der Waals surface area (Å²) in [5, 5.41) is 15.7. The molecule has 0 radical (unpaired) electrons. The summed E-state index contributed by atoms with van der Waals surface area (Å²) in [5.41, 5.74) is -0.475. The van der Waals surface area contributed by atoms with Gasteiger partial charge in [0.25, 0.3) is 11.8 Å². The summed E-state index contributed by atoms with van der Waals surface area (Å²) >= 11 is 0. The molecule has 1 aromatic rings. The highest BCUT2D eigenvalue weighted by Crippen LogP contribution is 2.28. The zero-order chi connectivity index (χ0) is 18.1. The largest absolute Gasteiger partial charge is 0.506 e. The molecule has 7 heteroatoms. The normalized spacial score (nSPS) is 21.4. The third-order valence-electron chi connectivity index (χ3n) is 4.50. The average Bonchev–Trinajstić information content (AvgIpc) is 2.83. The lowest BCUT2D eigenvalue weighted by molar-refractivity contribution is -0.124. The highest BCUT2D eigenvalue weighted by atomic mass is 16.3. The van der Waals surface area contributed by atoms with Gasteiger partial charge in [0.1, 0.15) is 17.0 Å². The summed E-state index contributed by atoms with van der Waals surface area (Å²) < 4.78 is 0. The van der Waals surface area contributed by atoms with E-state index in [-0.39, 0.29) is 46.6 Å². The van der Waals surface area contributed by atoms with Gasteiger partial charge in [-0.25, -0.2) is 9.98 Å². The third kappa shape index (κ3) is 3.25. The zero-order valence-corrected chi connectivity index (χ0v) is 14.7. The van der Waals surface area contributed by atoms with Crippen LogP contribution in [-0.4, -0.2) is 39.3 Å². The van der Waals surface area contributed by atoms with Crippen molar-refractivity contribution in [2.75, 3.05) is 0 Å². The number of rotatable bonds is 5. The van der Waals surface area contributed by atoms with E-state index in [0.29, 0.717) is 0 Å². The molecule has 0 fully saturated rings. The number of aliphatic imine (C=N–C) groups is 1. The molecule has 2 heterocycles. The maximum Gasteiger partial charge on any atom is 0.253 e. The number of aromatic nitrogens is 1. The molecule has 24 heavy (non-hydrogen) atoms. The fraction of sp³-hybridized carbons (Fsp3) is 0.529. The Balaban J connectivity index is 2.28. The number of amides is 2. The summed E-state index contributed by atoms with van der Waals surface area (Å²) in [7, 11) is 0. The van der Waals surface area contributed by atoms with E-state index >= 15 is 0 Å². The first kappa shape index (κ1) is 17.9. The number of carbonyl (C=O) groups excluding carboxylic acids is 2. The van der Waals surface area contributed by atoms with Crippen molar-refractivity contribution in [2.45, 2.75) is 52.6 Å². The molecule has 1 aliphatic rings. The first-order chi connectivity index (χ1) is 11.2. The lowest BCUT2D eigenvalue weighted by Crippen LogP contribution is -2.41. The van der Waals surface area contributed by atoms with Crippen LogP contribution >= 0.6 is 0 Å². The third-order valence-corrected chi connectivity index (χ3v) is 4.50. The van der Waals surface area contributed by atoms with E-state index in [1.807, 2.05) is 27.7 Å². The number of aromatic hydroxyl groups is 1. The van der Waals surface area contributed by atoms with Gasteiger partial charge in [-0.05, 0) is 32.3 Å². The van der Waals surface area contributed by atoms with Crippen LogP contribution < -0.4 is 10.6 Å². The molecule has 0 saturated heterocycles. The Kier molecular flexibility index (Phi) is 4.91. The number of amidine groups is 1. The Morgan fingerprint density at radius 3 is 2.58 bits per heavy atom. The van der Waals surface area contributed by atoms with Gasteiger partial charge in [-0.3, -0.25) is 9.59 Å². The van der Waals surface area contributed by atoms with Gasteiger partial charge in [-0.2, -0.15) is 0 Å². The minimum atomic E-state index is -0.893. The highest BCUT2D eigenvalue weighted by molar-refractivity contribution is 6.15. The summed E-state index contributed by atoms with van der Waals surface area (Å²) in [6.07, 6.45) is 2.17. The van der Waals surface area contributed by atoms with Gasteiger partial charge < -0.3 is 15.7 Å². The lowest BCUT2D eigenvalue weighted by Gasteiger charge is -2.21. The number of hydrogen-bond donors (Lipinski definition) is 3. The summed E-state index contributed by atoms with van der Waals surface area (Å²) in [4.78, 5) is 32.8. The molecule has 1 aromatic heterocycles. The molecule has 0 spiro atoms. The van der Waals surface area contributed by atoms with Gasteiger partial charge >= 0.3 is 0 Å². The zero-order valence-electron chi connectivity index (χ0n) is 14.7. The molecule has 0 bridgehead atoms. The topological polar surface area (TPSA) is 104 Å². The van der Waals surface area contributed by atoms with Crippen molar-refractivity contribution in [1.82, 2.24) is 15.6 Å². The summed E-state index contributed by atoms with van der Waals surface area (Å²) in [5.74, 6) is -0.505. The fourth-order valence-corrected chi connectivity index (χ4v) is 2.22. The number of nitrogens with one attached hydrogen (secondary N) is 2. The molecule has 130 valence electrons. The standard InChI is InChI=1S/C17H24N4O3/c1-6-10(4)19-15(23)11-7-12(22)13(18-8-11)14-20-16(24)17(5,21-14)9(2)3/h7-10,22H,6H2,1-5H3,(H,19,23)(H,20,21,24). The maximum atomic E-state index is 12.2. The van der Waals surface area contributed by atoms with E-state index in [1.165, 1.54) is 12.3 Å². The van der Waals surface area contributed by atoms with Gasteiger partial charge in [0, 0.05) is 12.2 Å². The first-order valence-corrected chi connectivity index (χ1v) is 8.10. The van der Waals surface area contributed by atoms with Crippen molar-refractivity contribution < 1.29 is 14.7 Å². The molecule has 2 amide bonds. The van der Waals surface area contributed by atoms with Crippen LogP contribution in [0.2, 0.25) is 0 Å². The second-order valence-electron chi connectivity index (χ2n) is 6.59. The van der Waals surface area contributed by atoms with Gasteiger partial charge in [0.2, 0.25) is 0 Å². The molecule has 0 aliphatic carbocycles. The lowest BCUT2D eigenvalue weighted by atomic mass is 9.89. The summed E-state index contributed by atoms with van der Waals surface area (Å²) in [6.45, 7) is 9.42. The smallest absolute Gasteiger partial charge is 0.253 e. The average molecular weight is 332 g/mol. The van der Waals surface area contributed by atoms with Crippen LogP contribution in [0.4, 0.5) is 0 Å². The second kappa shape index (κ2) is 6.59. The van der Waals surface area contributed by atoms with Crippen molar-refractivity contribution in [3.8, 4) is 5.75 Å². The van der Waals surface area contributed by atoms with Crippen LogP contribution in [-0.2, 0) is 4.79 Å². The van der Waals surface area contributed by atoms with Gasteiger partial charge in [0.05, 0.1) is 5.56 Å². The molecular weight excluding hydrogens is 308 g/mol. The molecular formula is C17H24N4O3. The predicted molar refractivity (Wildman–Crippen MR) is 91.0 cm³/mol. The molecule has 7 nitrogen and oxygen atoms in total. The van der Waals surface area contributed by atoms with Crippen LogP contribution in [0.5, 0.6) is 5.75 Å². The van der Waals surface area contributed by atoms with Crippen LogP contribution in [0.15, 0.2) is 17.3 Å². The highest BCUT2D eigenvalue weighted by Gasteiger charge is 2.42. The van der Waals surface area contributed by atoms with E-state index in [2.05, 4.69) is 20.6 Å². The van der Waals surface area contributed by atoms with E-state index in [0.717, 1.165) is 6.42 Å². The molecule has 0 saturated carbocycles. The number of nitrogens with zero attached hydrogens (tertiary/aromatic N) is 2. The maximum absolute atomic E-state index is 12.2. The quantitative estimate of drug-likeness (QED) is 0.762. The number of carbonyl (C=O) groups is 2. The first-order valence-electron chi connectivity index (χ1n) is 8.10. The Hall–Kier alpha value is -2.44. The van der Waals surface area contributed by atoms with Crippen molar-refractivity contribution >= 4 is 17.6 Å².